The summed E-state index contributed by atoms with van der Waals surface area (Å²) >= 11 is 3.57. The first-order chi connectivity index (χ1) is 25.2. The van der Waals surface area contributed by atoms with Crippen molar-refractivity contribution < 1.29 is 18.3 Å². The maximum Gasteiger partial charge on any atom is 0.376 e. The molecule has 0 aliphatic carbocycles. The van der Waals surface area contributed by atoms with Gasteiger partial charge >= 0.3 is 5.89 Å². The lowest BCUT2D eigenvalue weighted by Crippen LogP contribution is -2.29. The molecule has 2 aliphatic rings. The van der Waals surface area contributed by atoms with Crippen molar-refractivity contribution in [2.45, 2.75) is 18.7 Å². The van der Waals surface area contributed by atoms with Crippen LogP contribution in [0.2, 0.25) is 0 Å². The molecule has 0 unspecified atom stereocenters. The molecule has 8 heteroatoms. The zero-order valence-corrected chi connectivity index (χ0v) is 31.6. The average Bonchev–Trinajstić information content (AvgIpc) is 3.86. The number of hydrogen-bond donors (Lipinski definition) is 0. The van der Waals surface area contributed by atoms with E-state index in [1.807, 2.05) is 6.07 Å². The van der Waals surface area contributed by atoms with Crippen molar-refractivity contribution in [1.82, 2.24) is 0 Å². The predicted octanol–water partition coefficient (Wildman–Crippen LogP) is 10.3. The lowest BCUT2D eigenvalue weighted by molar-refractivity contribution is -0.651. The summed E-state index contributed by atoms with van der Waals surface area (Å²) in [6, 6.07) is 38.4. The molecule has 0 spiro atoms. The van der Waals surface area contributed by atoms with Crippen molar-refractivity contribution in [2.75, 3.05) is 23.9 Å². The fourth-order valence-corrected chi connectivity index (χ4v) is 9.33. The van der Waals surface area contributed by atoms with E-state index in [9.17, 15) is 0 Å². The highest BCUT2D eigenvalue weighted by Gasteiger charge is 2.28. The average molecular weight is 719 g/mol. The molecule has 256 valence electrons. The Bertz CT molecular complexity index is 2600. The molecular formula is C44H38N4O2S2+2. The van der Waals surface area contributed by atoms with Gasteiger partial charge in [0.25, 0.3) is 10.5 Å². The quantitative estimate of drug-likeness (QED) is 0.166. The predicted molar refractivity (Wildman–Crippen MR) is 217 cm³/mol. The van der Waals surface area contributed by atoms with Gasteiger partial charge in [-0.15, -0.1) is 0 Å². The molecule has 10 rings (SSSR count). The number of oxazole rings is 1. The van der Waals surface area contributed by atoms with Gasteiger partial charge in [0.15, 0.2) is 5.75 Å². The molecule has 2 aromatic heterocycles. The van der Waals surface area contributed by atoms with E-state index < -0.39 is 0 Å². The number of benzene rings is 6. The Labute approximate surface area is 311 Å². The second-order valence-electron chi connectivity index (χ2n) is 13.5. The van der Waals surface area contributed by atoms with E-state index >= 15 is 0 Å². The smallest absolute Gasteiger partial charge is 0.376 e. The Morgan fingerprint density at radius 2 is 1.33 bits per heavy atom. The maximum atomic E-state index is 6.19. The van der Waals surface area contributed by atoms with E-state index in [4.69, 9.17) is 9.15 Å². The molecule has 0 radical (unpaired) electrons. The number of thiazole rings is 1. The SMILES string of the molecule is Cc1ccc2c(c1)N(C)/C(=C/c1oc3ccc4ccccc4c3[n+]1C)S2.Cc1ccc2c(c1)N(C)C(=Cc1sc3ccc4ccccc4c3[n+]1C)O2. The van der Waals surface area contributed by atoms with Gasteiger partial charge in [0.05, 0.1) is 39.3 Å². The molecule has 2 aliphatic heterocycles. The van der Waals surface area contributed by atoms with Gasteiger partial charge in [-0.2, -0.15) is 9.13 Å². The first kappa shape index (κ1) is 32.3. The molecule has 0 amide bonds. The topological polar surface area (TPSA) is 36.6 Å². The van der Waals surface area contributed by atoms with Gasteiger partial charge in [-0.3, -0.25) is 0 Å². The van der Waals surface area contributed by atoms with E-state index in [1.165, 1.54) is 63.5 Å². The van der Waals surface area contributed by atoms with Crippen molar-refractivity contribution in [2.24, 2.45) is 14.1 Å². The van der Waals surface area contributed by atoms with Gasteiger partial charge in [0.1, 0.15) is 18.8 Å². The number of fused-ring (bicyclic) bond motifs is 8. The summed E-state index contributed by atoms with van der Waals surface area (Å²) in [4.78, 5) is 5.64. The van der Waals surface area contributed by atoms with Crippen LogP contribution in [0, 0.1) is 13.8 Å². The second-order valence-corrected chi connectivity index (χ2v) is 15.6. The van der Waals surface area contributed by atoms with Crippen molar-refractivity contribution in [3.63, 3.8) is 0 Å². The number of thioether (sulfide) groups is 1. The standard InChI is InChI=1S/2C22H19N2OS/c1-14-8-11-19-17(12-14)23(2)21(26-19)13-20-24(3)22-16-7-5-4-6-15(16)9-10-18(22)25-20;1-14-8-10-18-17(12-14)23(2)20(25-18)13-21-24(3)22-16-7-5-4-6-15(16)9-11-19(22)26-21/h2*4-13H,1-3H3/q2*+1. The van der Waals surface area contributed by atoms with E-state index in [1.54, 1.807) is 23.1 Å². The molecular weight excluding hydrogens is 681 g/mol. The molecule has 8 aromatic rings. The van der Waals surface area contributed by atoms with Crippen LogP contribution in [-0.4, -0.2) is 14.1 Å². The molecule has 52 heavy (non-hydrogen) atoms. The summed E-state index contributed by atoms with van der Waals surface area (Å²) < 4.78 is 18.0. The van der Waals surface area contributed by atoms with Crippen LogP contribution in [0.15, 0.2) is 129 Å². The van der Waals surface area contributed by atoms with Crippen LogP contribution in [0.3, 0.4) is 0 Å². The number of aryl methyl sites for hydroxylation is 4. The lowest BCUT2D eigenvalue weighted by Gasteiger charge is -2.12. The fourth-order valence-electron chi connectivity index (χ4n) is 7.18. The Hall–Kier alpha value is -5.57. The highest BCUT2D eigenvalue weighted by atomic mass is 32.2. The first-order valence-corrected chi connectivity index (χ1v) is 19.0. The third-order valence-electron chi connectivity index (χ3n) is 10.0. The number of aromatic nitrogens is 2. The van der Waals surface area contributed by atoms with Crippen LogP contribution in [-0.2, 0) is 14.1 Å². The van der Waals surface area contributed by atoms with E-state index in [-0.39, 0.29) is 0 Å². The third kappa shape index (κ3) is 5.41. The first-order valence-electron chi connectivity index (χ1n) is 17.3. The monoisotopic (exact) mass is 718 g/mol. The Kier molecular flexibility index (Phi) is 7.83. The molecule has 6 nitrogen and oxygen atoms in total. The van der Waals surface area contributed by atoms with E-state index in [2.05, 4.69) is 176 Å². The number of hydrogen-bond acceptors (Lipinski definition) is 6. The fraction of sp³-hybridized carbons (Fsp3) is 0.136. The summed E-state index contributed by atoms with van der Waals surface area (Å²) in [5.74, 6) is 2.63. The van der Waals surface area contributed by atoms with Gasteiger partial charge in [-0.05, 0) is 84.3 Å². The number of nitrogens with zero attached hydrogens (tertiary/aromatic N) is 4. The van der Waals surface area contributed by atoms with Gasteiger partial charge in [-0.25, -0.2) is 0 Å². The molecule has 0 saturated heterocycles. The summed E-state index contributed by atoms with van der Waals surface area (Å²) in [5, 5.41) is 7.34. The molecule has 0 saturated carbocycles. The number of anilines is 2. The molecule has 0 atom stereocenters. The summed E-state index contributed by atoms with van der Waals surface area (Å²) in [5.41, 5.74) is 8.20. The van der Waals surface area contributed by atoms with Gasteiger partial charge < -0.3 is 19.0 Å². The van der Waals surface area contributed by atoms with Crippen LogP contribution in [0.1, 0.15) is 22.0 Å². The molecule has 0 fully saturated rings. The normalized spacial score (nSPS) is 15.2. The van der Waals surface area contributed by atoms with Crippen molar-refractivity contribution in [3.05, 3.63) is 142 Å². The van der Waals surface area contributed by atoms with Gasteiger partial charge in [0.2, 0.25) is 17.0 Å². The van der Waals surface area contributed by atoms with Crippen LogP contribution >= 0.6 is 23.1 Å². The molecule has 4 heterocycles. The second kappa shape index (κ2) is 12.6. The Morgan fingerprint density at radius 3 is 2.10 bits per heavy atom. The summed E-state index contributed by atoms with van der Waals surface area (Å²) in [7, 11) is 8.37. The zero-order valence-electron chi connectivity index (χ0n) is 30.0. The number of rotatable bonds is 2. The third-order valence-corrected chi connectivity index (χ3v) is 12.3. The largest absolute Gasteiger partial charge is 0.438 e. The van der Waals surface area contributed by atoms with Crippen LogP contribution in [0.5, 0.6) is 5.75 Å². The maximum absolute atomic E-state index is 6.19. The van der Waals surface area contributed by atoms with E-state index in [0.29, 0.717) is 0 Å². The summed E-state index contributed by atoms with van der Waals surface area (Å²) in [6.45, 7) is 4.23. The minimum Gasteiger partial charge on any atom is -0.438 e. The van der Waals surface area contributed by atoms with Gasteiger partial charge in [0, 0.05) is 19.0 Å². The van der Waals surface area contributed by atoms with Crippen LogP contribution < -0.4 is 23.7 Å². The summed E-state index contributed by atoms with van der Waals surface area (Å²) in [6.07, 6.45) is 4.27. The van der Waals surface area contributed by atoms with Crippen molar-refractivity contribution in [1.29, 1.82) is 0 Å². The Morgan fingerprint density at radius 1 is 0.654 bits per heavy atom. The Balaban J connectivity index is 0.000000138. The molecule has 6 aromatic carbocycles. The highest BCUT2D eigenvalue weighted by molar-refractivity contribution is 8.03. The van der Waals surface area contributed by atoms with Crippen LogP contribution in [0.25, 0.3) is 55.0 Å². The van der Waals surface area contributed by atoms with Crippen LogP contribution in [0.4, 0.5) is 11.4 Å². The number of ether oxygens (including phenoxy) is 1. The van der Waals surface area contributed by atoms with E-state index in [0.717, 1.165) is 34.3 Å². The van der Waals surface area contributed by atoms with Crippen molar-refractivity contribution in [3.8, 4) is 5.75 Å². The van der Waals surface area contributed by atoms with Gasteiger partial charge in [-0.1, -0.05) is 83.8 Å². The lowest BCUT2D eigenvalue weighted by atomic mass is 10.1. The zero-order chi connectivity index (χ0) is 35.7. The highest BCUT2D eigenvalue weighted by Crippen LogP contribution is 2.46. The molecule has 0 N–H and O–H groups in total. The minimum atomic E-state index is 0.857. The minimum absolute atomic E-state index is 0.857. The van der Waals surface area contributed by atoms with Crippen molar-refractivity contribution >= 4 is 89.5 Å². The molecule has 0 bridgehead atoms.